The number of aryl methyl sites for hydroxylation is 1. The van der Waals surface area contributed by atoms with Gasteiger partial charge in [0, 0.05) is 5.56 Å². The maximum Gasteiger partial charge on any atom is 0.408 e. The molecule has 0 saturated carbocycles. The molecule has 0 bridgehead atoms. The normalized spacial score (nSPS) is 12.8. The summed E-state index contributed by atoms with van der Waals surface area (Å²) in [6.45, 7) is 7.17. The van der Waals surface area contributed by atoms with Crippen molar-refractivity contribution in [2.75, 3.05) is 0 Å². The fourth-order valence-electron chi connectivity index (χ4n) is 3.34. The van der Waals surface area contributed by atoms with Crippen LogP contribution in [0.15, 0.2) is 84.9 Å². The Hall–Kier alpha value is -3.93. The Bertz CT molecular complexity index is 1120. The first-order valence-electron chi connectivity index (χ1n) is 11.1. The number of Topliss-reactive ketones (excluding diaryl/α,β-unsaturated/α-hetero) is 1. The average molecular weight is 460 g/mol. The third-order valence-corrected chi connectivity index (χ3v) is 4.97. The fourth-order valence-corrected chi connectivity index (χ4v) is 3.34. The quantitative estimate of drug-likeness (QED) is 0.364. The van der Waals surface area contributed by atoms with E-state index in [1.54, 1.807) is 93.6 Å². The number of ether oxygens (including phenoxy) is 2. The lowest BCUT2D eigenvalue weighted by Crippen LogP contribution is -2.44. The van der Waals surface area contributed by atoms with Crippen molar-refractivity contribution in [3.05, 3.63) is 107 Å². The second-order valence-electron chi connectivity index (χ2n) is 8.96. The van der Waals surface area contributed by atoms with Gasteiger partial charge in [-0.2, -0.15) is 0 Å². The van der Waals surface area contributed by atoms with E-state index in [0.29, 0.717) is 16.7 Å². The molecule has 1 amide bonds. The molecule has 1 N–H and O–H groups in total. The van der Waals surface area contributed by atoms with Crippen LogP contribution in [0.4, 0.5) is 4.79 Å². The van der Waals surface area contributed by atoms with Gasteiger partial charge in [-0.05, 0) is 45.4 Å². The smallest absolute Gasteiger partial charge is 0.408 e. The van der Waals surface area contributed by atoms with Crippen LogP contribution in [-0.2, 0) is 9.47 Å². The van der Waals surface area contributed by atoms with E-state index < -0.39 is 35.6 Å². The van der Waals surface area contributed by atoms with Gasteiger partial charge >= 0.3 is 12.1 Å². The molecule has 6 heteroatoms. The molecule has 0 aliphatic heterocycles. The monoisotopic (exact) mass is 459 g/mol. The fraction of sp³-hybridized carbons (Fsp3) is 0.250. The SMILES string of the molecule is Cc1ccc(C(NC(=O)OC(C)(C)C)C(OC(=O)c2ccccc2)C(=O)c2ccccc2)cc1. The third kappa shape index (κ3) is 6.78. The highest BCUT2D eigenvalue weighted by Gasteiger charge is 2.36. The Morgan fingerprint density at radius 2 is 1.29 bits per heavy atom. The molecule has 0 saturated heterocycles. The van der Waals surface area contributed by atoms with Crippen molar-refractivity contribution >= 4 is 17.8 Å². The van der Waals surface area contributed by atoms with E-state index in [0.717, 1.165) is 5.56 Å². The Balaban J connectivity index is 2.03. The van der Waals surface area contributed by atoms with Gasteiger partial charge in [0.25, 0.3) is 0 Å². The van der Waals surface area contributed by atoms with Crippen molar-refractivity contribution in [1.29, 1.82) is 0 Å². The molecule has 176 valence electrons. The van der Waals surface area contributed by atoms with Crippen molar-refractivity contribution in [3.63, 3.8) is 0 Å². The molecule has 3 aromatic rings. The molecule has 34 heavy (non-hydrogen) atoms. The van der Waals surface area contributed by atoms with Crippen molar-refractivity contribution in [3.8, 4) is 0 Å². The lowest BCUT2D eigenvalue weighted by atomic mass is 9.94. The maximum absolute atomic E-state index is 13.6. The number of nitrogens with one attached hydrogen (secondary N) is 1. The van der Waals surface area contributed by atoms with E-state index in [9.17, 15) is 14.4 Å². The number of amides is 1. The van der Waals surface area contributed by atoms with Crippen molar-refractivity contribution in [1.82, 2.24) is 5.32 Å². The largest absolute Gasteiger partial charge is 0.448 e. The van der Waals surface area contributed by atoms with E-state index in [1.165, 1.54) is 0 Å². The van der Waals surface area contributed by atoms with Gasteiger partial charge in [0.05, 0.1) is 5.56 Å². The maximum atomic E-state index is 13.6. The number of esters is 1. The Labute approximate surface area is 199 Å². The number of hydrogen-bond acceptors (Lipinski definition) is 5. The highest BCUT2D eigenvalue weighted by atomic mass is 16.6. The first kappa shape index (κ1) is 24.7. The Morgan fingerprint density at radius 1 is 0.765 bits per heavy atom. The van der Waals surface area contributed by atoms with Crippen LogP contribution in [0.1, 0.15) is 58.7 Å². The number of alkyl carbamates (subject to hydrolysis) is 1. The molecule has 6 nitrogen and oxygen atoms in total. The summed E-state index contributed by atoms with van der Waals surface area (Å²) in [6.07, 6.45) is -2.05. The van der Waals surface area contributed by atoms with Gasteiger partial charge in [0.2, 0.25) is 5.78 Å². The average Bonchev–Trinajstić information content (AvgIpc) is 2.81. The summed E-state index contributed by atoms with van der Waals surface area (Å²) in [4.78, 5) is 39.3. The summed E-state index contributed by atoms with van der Waals surface area (Å²) < 4.78 is 11.2. The Kier molecular flexibility index (Phi) is 7.84. The van der Waals surface area contributed by atoms with Crippen LogP contribution in [0.5, 0.6) is 0 Å². The zero-order valence-corrected chi connectivity index (χ0v) is 19.8. The van der Waals surface area contributed by atoms with E-state index in [-0.39, 0.29) is 0 Å². The minimum absolute atomic E-state index is 0.299. The molecule has 0 aliphatic carbocycles. The van der Waals surface area contributed by atoms with Gasteiger partial charge in [-0.25, -0.2) is 9.59 Å². The summed E-state index contributed by atoms with van der Waals surface area (Å²) in [5.74, 6) is -1.11. The van der Waals surface area contributed by atoms with Crippen LogP contribution >= 0.6 is 0 Å². The molecular weight excluding hydrogens is 430 g/mol. The summed E-state index contributed by atoms with van der Waals surface area (Å²) in [7, 11) is 0. The lowest BCUT2D eigenvalue weighted by Gasteiger charge is -2.29. The van der Waals surface area contributed by atoms with Gasteiger partial charge in [-0.1, -0.05) is 78.4 Å². The number of hydrogen-bond donors (Lipinski definition) is 1. The first-order valence-corrected chi connectivity index (χ1v) is 11.1. The van der Waals surface area contributed by atoms with Crippen LogP contribution in [0.3, 0.4) is 0 Å². The van der Waals surface area contributed by atoms with Gasteiger partial charge in [-0.3, -0.25) is 4.79 Å². The number of rotatable bonds is 7. The molecule has 0 heterocycles. The van der Waals surface area contributed by atoms with Crippen LogP contribution in [0.2, 0.25) is 0 Å². The molecule has 0 radical (unpaired) electrons. The zero-order valence-electron chi connectivity index (χ0n) is 19.8. The van der Waals surface area contributed by atoms with E-state index in [1.807, 2.05) is 19.1 Å². The molecule has 0 spiro atoms. The van der Waals surface area contributed by atoms with Crippen molar-refractivity contribution in [2.24, 2.45) is 0 Å². The van der Waals surface area contributed by atoms with Crippen LogP contribution in [0, 0.1) is 6.92 Å². The second-order valence-corrected chi connectivity index (χ2v) is 8.96. The molecule has 2 unspecified atom stereocenters. The predicted octanol–water partition coefficient (Wildman–Crippen LogP) is 5.67. The minimum Gasteiger partial charge on any atom is -0.448 e. The minimum atomic E-state index is -1.33. The summed E-state index contributed by atoms with van der Waals surface area (Å²) in [6, 6.07) is 23.3. The van der Waals surface area contributed by atoms with Gasteiger partial charge in [0.1, 0.15) is 11.6 Å². The number of ketones is 1. The molecule has 0 aromatic heterocycles. The van der Waals surface area contributed by atoms with Crippen LogP contribution in [0.25, 0.3) is 0 Å². The molecule has 3 rings (SSSR count). The number of carbonyl (C=O) groups excluding carboxylic acids is 3. The Morgan fingerprint density at radius 3 is 1.82 bits per heavy atom. The number of carbonyl (C=O) groups is 3. The number of benzene rings is 3. The van der Waals surface area contributed by atoms with Gasteiger partial charge in [-0.15, -0.1) is 0 Å². The first-order chi connectivity index (χ1) is 16.1. The lowest BCUT2D eigenvalue weighted by molar-refractivity contribution is 0.0149. The van der Waals surface area contributed by atoms with E-state index >= 15 is 0 Å². The third-order valence-electron chi connectivity index (χ3n) is 4.97. The zero-order chi connectivity index (χ0) is 24.7. The highest BCUT2D eigenvalue weighted by molar-refractivity contribution is 6.02. The summed E-state index contributed by atoms with van der Waals surface area (Å²) in [5, 5.41) is 2.76. The van der Waals surface area contributed by atoms with Crippen LogP contribution in [-0.4, -0.2) is 29.6 Å². The topological polar surface area (TPSA) is 81.7 Å². The highest BCUT2D eigenvalue weighted by Crippen LogP contribution is 2.25. The standard InChI is InChI=1S/C28H29NO5/c1-19-15-17-20(18-16-19)23(29-27(32)34-28(2,3)4)25(24(30)21-11-7-5-8-12-21)33-26(31)22-13-9-6-10-14-22/h5-18,23,25H,1-4H3,(H,29,32). The van der Waals surface area contributed by atoms with Gasteiger partial charge in [0.15, 0.2) is 6.10 Å². The van der Waals surface area contributed by atoms with Gasteiger partial charge < -0.3 is 14.8 Å². The van der Waals surface area contributed by atoms with E-state index in [4.69, 9.17) is 9.47 Å². The molecule has 3 aromatic carbocycles. The molecule has 0 aliphatic rings. The molecule has 2 atom stereocenters. The second kappa shape index (κ2) is 10.8. The molecular formula is C28H29NO5. The predicted molar refractivity (Wildman–Crippen MR) is 130 cm³/mol. The summed E-state index contributed by atoms with van der Waals surface area (Å²) in [5.41, 5.74) is 1.52. The van der Waals surface area contributed by atoms with E-state index in [2.05, 4.69) is 5.32 Å². The van der Waals surface area contributed by atoms with Crippen LogP contribution < -0.4 is 5.32 Å². The van der Waals surface area contributed by atoms with Crippen molar-refractivity contribution in [2.45, 2.75) is 45.4 Å². The van der Waals surface area contributed by atoms with Crippen molar-refractivity contribution < 1.29 is 23.9 Å². The molecule has 0 fully saturated rings. The summed E-state index contributed by atoms with van der Waals surface area (Å²) >= 11 is 0.